The fourth-order valence-corrected chi connectivity index (χ4v) is 4.64. The molecule has 2 N–H and O–H groups in total. The number of carbonyl (C=O) groups is 3. The predicted octanol–water partition coefficient (Wildman–Crippen LogP) is 7.17. The molecule has 0 aliphatic heterocycles. The number of hydrogen-bond acceptors (Lipinski definition) is 4. The molecule has 4 aromatic carbocycles. The Morgan fingerprint density at radius 1 is 0.872 bits per heavy atom. The van der Waals surface area contributed by atoms with Crippen molar-refractivity contribution >= 4 is 52.7 Å². The van der Waals surface area contributed by atoms with Crippen LogP contribution in [-0.2, 0) is 4.79 Å². The summed E-state index contributed by atoms with van der Waals surface area (Å²) in [6.45, 7) is 1.96. The number of thioether (sulfide) groups is 1. The molecule has 0 radical (unpaired) electrons. The minimum absolute atomic E-state index is 0.00921. The van der Waals surface area contributed by atoms with Crippen molar-refractivity contribution in [3.05, 3.63) is 136 Å². The highest BCUT2D eigenvalue weighted by Gasteiger charge is 2.17. The standard InChI is InChI=1S/C31H24ClFN2O3S/c1-20-13-15-21(16-14-20)29(36)19-39-24-10-5-9-23(17-24)34-31(38)28(18-25-26(32)11-6-12-27(25)33)35-30(37)22-7-3-2-4-8-22/h2-18H,19H2,1H3,(H,34,38)(H,35,37)/b28-18-. The van der Waals surface area contributed by atoms with Gasteiger partial charge in [0.15, 0.2) is 5.78 Å². The number of carbonyl (C=O) groups excluding carboxylic acids is 3. The molecule has 0 heterocycles. The summed E-state index contributed by atoms with van der Waals surface area (Å²) in [6.07, 6.45) is 1.20. The van der Waals surface area contributed by atoms with Crippen molar-refractivity contribution in [3.63, 3.8) is 0 Å². The van der Waals surface area contributed by atoms with E-state index in [1.807, 2.05) is 25.1 Å². The molecule has 5 nitrogen and oxygen atoms in total. The molecular weight excluding hydrogens is 535 g/mol. The first kappa shape index (κ1) is 27.8. The highest BCUT2D eigenvalue weighted by Crippen LogP contribution is 2.25. The lowest BCUT2D eigenvalue weighted by Crippen LogP contribution is -2.30. The van der Waals surface area contributed by atoms with Crippen LogP contribution in [0.1, 0.15) is 31.8 Å². The van der Waals surface area contributed by atoms with E-state index in [-0.39, 0.29) is 27.8 Å². The normalized spacial score (nSPS) is 11.1. The first-order chi connectivity index (χ1) is 18.8. The molecule has 0 spiro atoms. The Balaban J connectivity index is 1.52. The highest BCUT2D eigenvalue weighted by atomic mass is 35.5. The van der Waals surface area contributed by atoms with E-state index >= 15 is 0 Å². The summed E-state index contributed by atoms with van der Waals surface area (Å²) >= 11 is 7.51. The molecule has 8 heteroatoms. The lowest BCUT2D eigenvalue weighted by molar-refractivity contribution is -0.113. The summed E-state index contributed by atoms with van der Waals surface area (Å²) in [5.74, 6) is -1.63. The fourth-order valence-electron chi connectivity index (χ4n) is 3.57. The second-order valence-corrected chi connectivity index (χ2v) is 10.0. The van der Waals surface area contributed by atoms with E-state index in [2.05, 4.69) is 10.6 Å². The van der Waals surface area contributed by atoms with Crippen LogP contribution in [0.25, 0.3) is 6.08 Å². The molecule has 0 saturated heterocycles. The van der Waals surface area contributed by atoms with Crippen LogP contribution < -0.4 is 10.6 Å². The summed E-state index contributed by atoms with van der Waals surface area (Å²) in [5.41, 5.74) is 2.25. The van der Waals surface area contributed by atoms with Gasteiger partial charge in [-0.25, -0.2) is 4.39 Å². The second kappa shape index (κ2) is 13.0. The monoisotopic (exact) mass is 558 g/mol. The van der Waals surface area contributed by atoms with Crippen LogP contribution >= 0.6 is 23.4 Å². The Morgan fingerprint density at radius 3 is 2.31 bits per heavy atom. The van der Waals surface area contributed by atoms with Gasteiger partial charge in [-0.1, -0.05) is 71.8 Å². The maximum Gasteiger partial charge on any atom is 0.272 e. The van der Waals surface area contributed by atoms with E-state index in [0.29, 0.717) is 16.8 Å². The summed E-state index contributed by atoms with van der Waals surface area (Å²) in [7, 11) is 0. The average molecular weight is 559 g/mol. The van der Waals surface area contributed by atoms with Crippen LogP contribution in [0.2, 0.25) is 5.02 Å². The first-order valence-corrected chi connectivity index (χ1v) is 13.3. The Morgan fingerprint density at radius 2 is 1.59 bits per heavy atom. The summed E-state index contributed by atoms with van der Waals surface area (Å²) < 4.78 is 14.5. The smallest absolute Gasteiger partial charge is 0.272 e. The van der Waals surface area contributed by atoms with E-state index < -0.39 is 17.6 Å². The lowest BCUT2D eigenvalue weighted by atomic mass is 10.1. The van der Waals surface area contributed by atoms with Gasteiger partial charge in [-0.2, -0.15) is 0 Å². The lowest BCUT2D eigenvalue weighted by Gasteiger charge is -2.13. The van der Waals surface area contributed by atoms with Gasteiger partial charge in [-0.3, -0.25) is 14.4 Å². The molecule has 0 bridgehead atoms. The molecule has 0 saturated carbocycles. The van der Waals surface area contributed by atoms with Gasteiger partial charge < -0.3 is 10.6 Å². The number of ketones is 1. The average Bonchev–Trinajstić information content (AvgIpc) is 2.94. The van der Waals surface area contributed by atoms with Crippen LogP contribution in [0, 0.1) is 12.7 Å². The number of rotatable bonds is 9. The second-order valence-electron chi connectivity index (χ2n) is 8.57. The Labute approximate surface area is 235 Å². The van der Waals surface area contributed by atoms with Gasteiger partial charge in [-0.15, -0.1) is 11.8 Å². The number of hydrogen-bond donors (Lipinski definition) is 2. The van der Waals surface area contributed by atoms with Crippen molar-refractivity contribution in [3.8, 4) is 0 Å². The molecule has 196 valence electrons. The Bertz CT molecular complexity index is 1520. The number of aryl methyl sites for hydroxylation is 1. The third-order valence-corrected chi connectivity index (χ3v) is 6.98. The Hall–Kier alpha value is -4.20. The minimum atomic E-state index is -0.670. The molecule has 4 rings (SSSR count). The van der Waals surface area contributed by atoms with Gasteiger partial charge >= 0.3 is 0 Å². The van der Waals surface area contributed by atoms with Crippen molar-refractivity contribution in [2.24, 2.45) is 0 Å². The highest BCUT2D eigenvalue weighted by molar-refractivity contribution is 8.00. The van der Waals surface area contributed by atoms with E-state index in [1.54, 1.807) is 60.7 Å². The van der Waals surface area contributed by atoms with E-state index in [4.69, 9.17) is 11.6 Å². The van der Waals surface area contributed by atoms with Gasteiger partial charge in [-0.05, 0) is 55.5 Å². The van der Waals surface area contributed by atoms with Crippen molar-refractivity contribution in [1.82, 2.24) is 5.32 Å². The van der Waals surface area contributed by atoms with Crippen molar-refractivity contribution < 1.29 is 18.8 Å². The van der Waals surface area contributed by atoms with Gasteiger partial charge in [0.1, 0.15) is 11.5 Å². The molecular formula is C31H24ClFN2O3S. The van der Waals surface area contributed by atoms with E-state index in [1.165, 1.54) is 36.0 Å². The van der Waals surface area contributed by atoms with E-state index in [0.717, 1.165) is 10.5 Å². The number of halogens is 2. The molecule has 39 heavy (non-hydrogen) atoms. The van der Waals surface area contributed by atoms with Gasteiger partial charge in [0, 0.05) is 27.3 Å². The van der Waals surface area contributed by atoms with Crippen LogP contribution in [0.15, 0.2) is 108 Å². The summed E-state index contributed by atoms with van der Waals surface area (Å²) in [6, 6.07) is 26.9. The molecule has 0 unspecified atom stereocenters. The number of benzene rings is 4. The van der Waals surface area contributed by atoms with Gasteiger partial charge in [0.25, 0.3) is 11.8 Å². The molecule has 0 fully saturated rings. The third kappa shape index (κ3) is 7.66. The van der Waals surface area contributed by atoms with Crippen molar-refractivity contribution in [2.45, 2.75) is 11.8 Å². The maximum atomic E-state index is 14.5. The summed E-state index contributed by atoms with van der Waals surface area (Å²) in [4.78, 5) is 39.4. The Kier molecular flexibility index (Phi) is 9.31. The van der Waals surface area contributed by atoms with Gasteiger partial charge in [0.05, 0.1) is 10.8 Å². The molecule has 0 aliphatic rings. The maximum absolute atomic E-state index is 14.5. The first-order valence-electron chi connectivity index (χ1n) is 12.0. The molecule has 2 amide bonds. The zero-order chi connectivity index (χ0) is 27.8. The van der Waals surface area contributed by atoms with E-state index in [9.17, 15) is 18.8 Å². The number of Topliss-reactive ketones (excluding diaryl/α,β-unsaturated/α-hetero) is 1. The number of anilines is 1. The third-order valence-electron chi connectivity index (χ3n) is 5.65. The van der Waals surface area contributed by atoms with Gasteiger partial charge in [0.2, 0.25) is 0 Å². The molecule has 0 atom stereocenters. The van der Waals surface area contributed by atoms with Crippen LogP contribution in [0.4, 0.5) is 10.1 Å². The van der Waals surface area contributed by atoms with Crippen LogP contribution in [0.5, 0.6) is 0 Å². The summed E-state index contributed by atoms with van der Waals surface area (Å²) in [5, 5.41) is 5.40. The zero-order valence-electron chi connectivity index (χ0n) is 20.9. The molecule has 0 aliphatic carbocycles. The predicted molar refractivity (Wildman–Crippen MR) is 155 cm³/mol. The zero-order valence-corrected chi connectivity index (χ0v) is 22.5. The van der Waals surface area contributed by atoms with Crippen LogP contribution in [0.3, 0.4) is 0 Å². The quantitative estimate of drug-likeness (QED) is 0.130. The van der Waals surface area contributed by atoms with Crippen molar-refractivity contribution in [1.29, 1.82) is 0 Å². The SMILES string of the molecule is Cc1ccc(C(=O)CSc2cccc(NC(=O)/C(=C/c3c(F)cccc3Cl)NC(=O)c3ccccc3)c2)cc1. The van der Waals surface area contributed by atoms with Crippen molar-refractivity contribution in [2.75, 3.05) is 11.1 Å². The number of nitrogens with one attached hydrogen (secondary N) is 2. The fraction of sp³-hybridized carbons (Fsp3) is 0.0645. The largest absolute Gasteiger partial charge is 0.321 e. The molecule has 0 aromatic heterocycles. The van der Waals surface area contributed by atoms with Crippen LogP contribution in [-0.4, -0.2) is 23.4 Å². The molecule has 4 aromatic rings. The minimum Gasteiger partial charge on any atom is -0.321 e. The number of amides is 2. The topological polar surface area (TPSA) is 75.3 Å².